The molecule has 0 N–H and O–H groups in total. The highest BCUT2D eigenvalue weighted by Gasteiger charge is 1.90. The minimum atomic E-state index is -0.632. The van der Waals surface area contributed by atoms with Crippen molar-refractivity contribution in [3.8, 4) is 12.0 Å². The van der Waals surface area contributed by atoms with E-state index in [0.29, 0.717) is 5.88 Å². The van der Waals surface area contributed by atoms with E-state index in [2.05, 4.69) is 12.0 Å². The van der Waals surface area contributed by atoms with Gasteiger partial charge in [-0.15, -0.1) is 11.6 Å². The van der Waals surface area contributed by atoms with Gasteiger partial charge in [0.1, 0.15) is 0 Å². The molecule has 0 aliphatic carbocycles. The van der Waals surface area contributed by atoms with Crippen LogP contribution in [0.4, 0.5) is 0 Å². The molecule has 0 aromatic heterocycles. The smallest absolute Gasteiger partial charge is 0.289 e. The standard InChI is InChI=1S/C6H10ClOSi/c1-9(2)8-6-4-3-5-7/h3,5H2,1-2H3. The second-order valence-corrected chi connectivity index (χ2v) is 4.13. The molecular weight excluding hydrogens is 152 g/mol. The Bertz CT molecular complexity index is 114. The Balaban J connectivity index is 3.16. The van der Waals surface area contributed by atoms with Gasteiger partial charge in [0.15, 0.2) is 0 Å². The first-order valence-corrected chi connectivity index (χ1v) is 5.72. The van der Waals surface area contributed by atoms with Crippen LogP contribution in [0.1, 0.15) is 6.42 Å². The molecule has 0 fully saturated rings. The molecule has 0 aromatic rings. The molecule has 0 aromatic carbocycles. The van der Waals surface area contributed by atoms with Gasteiger partial charge in [-0.1, -0.05) is 5.92 Å². The van der Waals surface area contributed by atoms with E-state index < -0.39 is 9.04 Å². The fraction of sp³-hybridized carbons (Fsp3) is 0.667. The van der Waals surface area contributed by atoms with Gasteiger partial charge >= 0.3 is 0 Å². The second-order valence-electron chi connectivity index (χ2n) is 1.73. The minimum absolute atomic E-state index is 0.589. The predicted octanol–water partition coefficient (Wildman–Crippen LogP) is 1.84. The first-order valence-electron chi connectivity index (χ1n) is 2.78. The summed E-state index contributed by atoms with van der Waals surface area (Å²) < 4.78 is 5.03. The second kappa shape index (κ2) is 5.99. The Morgan fingerprint density at radius 3 is 2.67 bits per heavy atom. The summed E-state index contributed by atoms with van der Waals surface area (Å²) in [4.78, 5) is 0. The van der Waals surface area contributed by atoms with Crippen LogP contribution < -0.4 is 0 Å². The molecule has 0 saturated heterocycles. The van der Waals surface area contributed by atoms with Gasteiger partial charge in [0.2, 0.25) is 0 Å². The lowest BCUT2D eigenvalue weighted by Crippen LogP contribution is -2.01. The van der Waals surface area contributed by atoms with Gasteiger partial charge in [0.05, 0.1) is 6.11 Å². The average molecular weight is 162 g/mol. The molecular formula is C6H10ClOSi. The van der Waals surface area contributed by atoms with Gasteiger partial charge < -0.3 is 4.43 Å². The lowest BCUT2D eigenvalue weighted by molar-refractivity contribution is 0.542. The van der Waals surface area contributed by atoms with Crippen LogP contribution >= 0.6 is 11.6 Å². The van der Waals surface area contributed by atoms with Crippen molar-refractivity contribution >= 4 is 20.6 Å². The third-order valence-corrected chi connectivity index (χ3v) is 1.25. The molecule has 3 heteroatoms. The van der Waals surface area contributed by atoms with Crippen molar-refractivity contribution in [2.45, 2.75) is 19.5 Å². The van der Waals surface area contributed by atoms with Crippen LogP contribution in [0.25, 0.3) is 0 Å². The van der Waals surface area contributed by atoms with Gasteiger partial charge in [0.25, 0.3) is 9.04 Å². The summed E-state index contributed by atoms with van der Waals surface area (Å²) in [6, 6.07) is 0. The topological polar surface area (TPSA) is 9.23 Å². The van der Waals surface area contributed by atoms with Crippen LogP contribution in [0, 0.1) is 12.0 Å². The third-order valence-electron chi connectivity index (χ3n) is 0.547. The van der Waals surface area contributed by atoms with E-state index in [1.165, 1.54) is 0 Å². The summed E-state index contributed by atoms with van der Waals surface area (Å²) >= 11 is 5.37. The molecule has 0 rings (SSSR count). The van der Waals surface area contributed by atoms with Crippen molar-refractivity contribution in [2.75, 3.05) is 5.88 Å². The Morgan fingerprint density at radius 2 is 2.22 bits per heavy atom. The summed E-state index contributed by atoms with van der Waals surface area (Å²) in [6.07, 6.45) is 3.32. The zero-order valence-electron chi connectivity index (χ0n) is 5.70. The molecule has 0 amide bonds. The van der Waals surface area contributed by atoms with Gasteiger partial charge in [-0.05, 0) is 13.1 Å². The molecule has 1 radical (unpaired) electrons. The molecule has 0 heterocycles. The van der Waals surface area contributed by atoms with Crippen molar-refractivity contribution in [3.05, 3.63) is 0 Å². The van der Waals surface area contributed by atoms with Gasteiger partial charge in [0, 0.05) is 12.3 Å². The maximum atomic E-state index is 5.37. The number of halogens is 1. The molecule has 0 unspecified atom stereocenters. The van der Waals surface area contributed by atoms with Crippen molar-refractivity contribution in [1.29, 1.82) is 0 Å². The van der Waals surface area contributed by atoms with Gasteiger partial charge in [-0.3, -0.25) is 0 Å². The SMILES string of the molecule is C[Si](C)OC#CCCCl. The van der Waals surface area contributed by atoms with E-state index in [-0.39, 0.29) is 0 Å². The number of alkyl halides is 1. The van der Waals surface area contributed by atoms with Crippen LogP contribution in [-0.2, 0) is 4.43 Å². The van der Waals surface area contributed by atoms with Crippen LogP contribution in [0.3, 0.4) is 0 Å². The number of hydrogen-bond donors (Lipinski definition) is 0. The summed E-state index contributed by atoms with van der Waals surface area (Å²) in [7, 11) is -0.632. The van der Waals surface area contributed by atoms with Crippen LogP contribution in [0.2, 0.25) is 13.1 Å². The summed E-state index contributed by atoms with van der Waals surface area (Å²) in [5.74, 6) is 3.38. The van der Waals surface area contributed by atoms with E-state index >= 15 is 0 Å². The molecule has 0 atom stereocenters. The van der Waals surface area contributed by atoms with Crippen LogP contribution in [0.5, 0.6) is 0 Å². The highest BCUT2D eigenvalue weighted by atomic mass is 35.5. The molecule has 0 saturated carbocycles. The molecule has 0 bridgehead atoms. The van der Waals surface area contributed by atoms with E-state index in [0.717, 1.165) is 6.42 Å². The molecule has 0 spiro atoms. The predicted molar refractivity (Wildman–Crippen MR) is 41.7 cm³/mol. The summed E-state index contributed by atoms with van der Waals surface area (Å²) in [5.41, 5.74) is 0. The first-order chi connectivity index (χ1) is 4.27. The Kier molecular flexibility index (Phi) is 5.91. The minimum Gasteiger partial charge on any atom is -0.500 e. The van der Waals surface area contributed by atoms with Crippen molar-refractivity contribution in [2.24, 2.45) is 0 Å². The summed E-state index contributed by atoms with van der Waals surface area (Å²) in [6.45, 7) is 4.08. The quantitative estimate of drug-likeness (QED) is 0.341. The maximum Gasteiger partial charge on any atom is 0.289 e. The van der Waals surface area contributed by atoms with Gasteiger partial charge in [-0.2, -0.15) is 0 Å². The average Bonchev–Trinajstić information content (AvgIpc) is 1.80. The highest BCUT2D eigenvalue weighted by molar-refractivity contribution is 6.48. The van der Waals surface area contributed by atoms with Gasteiger partial charge in [-0.25, -0.2) is 0 Å². The van der Waals surface area contributed by atoms with Crippen molar-refractivity contribution in [3.63, 3.8) is 0 Å². The monoisotopic (exact) mass is 161 g/mol. The Morgan fingerprint density at radius 1 is 1.56 bits per heavy atom. The first kappa shape index (κ1) is 8.87. The molecule has 51 valence electrons. The number of rotatable bonds is 2. The number of hydrogen-bond acceptors (Lipinski definition) is 1. The zero-order valence-corrected chi connectivity index (χ0v) is 7.46. The molecule has 1 nitrogen and oxygen atoms in total. The molecule has 9 heavy (non-hydrogen) atoms. The van der Waals surface area contributed by atoms with Crippen LogP contribution in [-0.4, -0.2) is 14.9 Å². The fourth-order valence-electron chi connectivity index (χ4n) is 0.236. The Hall–Kier alpha value is -0.133. The van der Waals surface area contributed by atoms with Crippen molar-refractivity contribution < 1.29 is 4.43 Å². The normalized spacial score (nSPS) is 8.44. The molecule has 0 aliphatic heterocycles. The van der Waals surface area contributed by atoms with E-state index in [4.69, 9.17) is 16.0 Å². The lowest BCUT2D eigenvalue weighted by Gasteiger charge is -1.93. The van der Waals surface area contributed by atoms with E-state index in [1.54, 1.807) is 0 Å². The largest absolute Gasteiger partial charge is 0.500 e. The lowest BCUT2D eigenvalue weighted by atomic mass is 10.5. The zero-order chi connectivity index (χ0) is 7.11. The summed E-state index contributed by atoms with van der Waals surface area (Å²) in [5, 5.41) is 0. The Labute approximate surface area is 63.1 Å². The van der Waals surface area contributed by atoms with E-state index in [9.17, 15) is 0 Å². The van der Waals surface area contributed by atoms with E-state index in [1.807, 2.05) is 13.1 Å². The van der Waals surface area contributed by atoms with Crippen molar-refractivity contribution in [1.82, 2.24) is 0 Å². The maximum absolute atomic E-state index is 5.37. The highest BCUT2D eigenvalue weighted by Crippen LogP contribution is 1.82. The van der Waals surface area contributed by atoms with Crippen LogP contribution in [0.15, 0.2) is 0 Å². The third kappa shape index (κ3) is 7.87. The fourth-order valence-corrected chi connectivity index (χ4v) is 0.607. The molecule has 0 aliphatic rings.